The summed E-state index contributed by atoms with van der Waals surface area (Å²) >= 11 is 1.98. The number of piperidine rings is 1. The minimum absolute atomic E-state index is 0.0520. The van der Waals surface area contributed by atoms with Gasteiger partial charge in [0.1, 0.15) is 6.54 Å². The molecule has 0 saturated carbocycles. The molecule has 1 N–H and O–H groups in total. The normalized spacial score (nSPS) is 20.1. The predicted molar refractivity (Wildman–Crippen MR) is 81.3 cm³/mol. The van der Waals surface area contributed by atoms with Gasteiger partial charge in [-0.2, -0.15) is 16.9 Å². The molecule has 1 saturated heterocycles. The summed E-state index contributed by atoms with van der Waals surface area (Å²) < 4.78 is 1.52. The smallest absolute Gasteiger partial charge is 0.325 e. The molecule has 1 atom stereocenters. The van der Waals surface area contributed by atoms with Gasteiger partial charge in [0.2, 0.25) is 0 Å². The average molecular weight is 297 g/mol. The number of carbonyl (C=O) groups is 1. The highest BCUT2D eigenvalue weighted by Crippen LogP contribution is 2.25. The van der Waals surface area contributed by atoms with E-state index >= 15 is 0 Å². The van der Waals surface area contributed by atoms with Crippen LogP contribution in [0.4, 0.5) is 0 Å². The first-order valence-electron chi connectivity index (χ1n) is 7.24. The van der Waals surface area contributed by atoms with Crippen LogP contribution in [-0.2, 0) is 11.3 Å². The van der Waals surface area contributed by atoms with Crippen LogP contribution in [0.25, 0.3) is 0 Å². The first-order chi connectivity index (χ1) is 9.69. The minimum atomic E-state index is -0.846. The highest BCUT2D eigenvalue weighted by atomic mass is 32.2. The monoisotopic (exact) mass is 297 g/mol. The summed E-state index contributed by atoms with van der Waals surface area (Å²) in [4.78, 5) is 13.2. The third-order valence-electron chi connectivity index (χ3n) is 3.64. The topological polar surface area (TPSA) is 58.4 Å². The van der Waals surface area contributed by atoms with Crippen LogP contribution in [0, 0.1) is 0 Å². The number of rotatable bonds is 7. The van der Waals surface area contributed by atoms with E-state index in [1.54, 1.807) is 6.20 Å². The third-order valence-corrected chi connectivity index (χ3v) is 4.52. The molecule has 1 aromatic rings. The number of aliphatic carboxylic acids is 1. The van der Waals surface area contributed by atoms with Crippen molar-refractivity contribution >= 4 is 17.7 Å². The Morgan fingerprint density at radius 3 is 3.20 bits per heavy atom. The summed E-state index contributed by atoms with van der Waals surface area (Å²) in [6, 6.07) is 1.97. The molecular formula is C14H23N3O2S. The fourth-order valence-corrected chi connectivity index (χ4v) is 3.34. The Labute approximate surface area is 124 Å². The van der Waals surface area contributed by atoms with Gasteiger partial charge in [-0.05, 0) is 31.2 Å². The molecule has 1 fully saturated rings. The fourth-order valence-electron chi connectivity index (χ4n) is 2.66. The Bertz CT molecular complexity index is 436. The summed E-state index contributed by atoms with van der Waals surface area (Å²) in [5.74, 6) is 1.97. The summed E-state index contributed by atoms with van der Waals surface area (Å²) in [5.41, 5.74) is 1.04. The van der Waals surface area contributed by atoms with Gasteiger partial charge in [-0.1, -0.05) is 6.92 Å². The van der Waals surface area contributed by atoms with Crippen molar-refractivity contribution < 1.29 is 9.90 Å². The SMILES string of the molecule is CCSCCN1CCCC(c2ccn(CC(=O)O)n2)C1. The Morgan fingerprint density at radius 2 is 2.45 bits per heavy atom. The largest absolute Gasteiger partial charge is 0.480 e. The van der Waals surface area contributed by atoms with Gasteiger partial charge in [0.25, 0.3) is 0 Å². The van der Waals surface area contributed by atoms with E-state index in [0.717, 1.165) is 25.2 Å². The first kappa shape index (κ1) is 15.4. The summed E-state index contributed by atoms with van der Waals surface area (Å²) in [6.07, 6.45) is 4.13. The van der Waals surface area contributed by atoms with Gasteiger partial charge < -0.3 is 10.0 Å². The molecule has 1 unspecified atom stereocenters. The third kappa shape index (κ3) is 4.52. The quantitative estimate of drug-likeness (QED) is 0.779. The molecule has 0 radical (unpaired) electrons. The number of thioether (sulfide) groups is 1. The van der Waals surface area contributed by atoms with Crippen molar-refractivity contribution in [2.24, 2.45) is 0 Å². The van der Waals surface area contributed by atoms with E-state index in [0.29, 0.717) is 5.92 Å². The summed E-state index contributed by atoms with van der Waals surface area (Å²) in [5, 5.41) is 13.2. The molecule has 0 bridgehead atoms. The molecule has 0 aromatic carbocycles. The van der Waals surface area contributed by atoms with E-state index in [9.17, 15) is 4.79 Å². The number of likely N-dealkylation sites (tertiary alicyclic amines) is 1. The van der Waals surface area contributed by atoms with Gasteiger partial charge in [-0.3, -0.25) is 9.48 Å². The molecule has 1 aliphatic heterocycles. The van der Waals surface area contributed by atoms with Crippen LogP contribution in [-0.4, -0.2) is 56.9 Å². The zero-order valence-electron chi connectivity index (χ0n) is 12.0. The molecule has 5 nitrogen and oxygen atoms in total. The second kappa shape index (κ2) is 7.69. The number of nitrogens with zero attached hydrogens (tertiary/aromatic N) is 3. The van der Waals surface area contributed by atoms with Crippen molar-refractivity contribution in [2.45, 2.75) is 32.2 Å². The number of hydrogen-bond donors (Lipinski definition) is 1. The number of carboxylic acids is 1. The molecule has 20 heavy (non-hydrogen) atoms. The molecule has 6 heteroatoms. The van der Waals surface area contributed by atoms with Crippen LogP contribution in [0.2, 0.25) is 0 Å². The fraction of sp³-hybridized carbons (Fsp3) is 0.714. The van der Waals surface area contributed by atoms with E-state index in [4.69, 9.17) is 5.11 Å². The van der Waals surface area contributed by atoms with E-state index in [-0.39, 0.29) is 6.54 Å². The van der Waals surface area contributed by atoms with Crippen LogP contribution in [0.3, 0.4) is 0 Å². The second-order valence-electron chi connectivity index (χ2n) is 5.17. The molecule has 2 heterocycles. The van der Waals surface area contributed by atoms with Crippen molar-refractivity contribution in [3.63, 3.8) is 0 Å². The standard InChI is InChI=1S/C14H23N3O2S/c1-2-20-9-8-16-6-3-4-12(10-16)13-5-7-17(15-13)11-14(18)19/h5,7,12H,2-4,6,8-11H2,1H3,(H,18,19). The van der Waals surface area contributed by atoms with Crippen molar-refractivity contribution in [1.82, 2.24) is 14.7 Å². The van der Waals surface area contributed by atoms with Gasteiger partial charge in [0.15, 0.2) is 0 Å². The highest BCUT2D eigenvalue weighted by molar-refractivity contribution is 7.99. The molecular weight excluding hydrogens is 274 g/mol. The van der Waals surface area contributed by atoms with E-state index in [1.165, 1.54) is 29.2 Å². The Kier molecular flexibility index (Phi) is 5.91. The zero-order valence-corrected chi connectivity index (χ0v) is 12.8. The number of hydrogen-bond acceptors (Lipinski definition) is 4. The van der Waals surface area contributed by atoms with Crippen molar-refractivity contribution in [3.05, 3.63) is 18.0 Å². The minimum Gasteiger partial charge on any atom is -0.480 e. The van der Waals surface area contributed by atoms with Gasteiger partial charge in [0.05, 0.1) is 5.69 Å². The second-order valence-corrected chi connectivity index (χ2v) is 6.56. The Morgan fingerprint density at radius 1 is 1.60 bits per heavy atom. The number of carboxylic acid groups (broad SMARTS) is 1. The lowest BCUT2D eigenvalue weighted by molar-refractivity contribution is -0.137. The summed E-state index contributed by atoms with van der Waals surface area (Å²) in [7, 11) is 0. The van der Waals surface area contributed by atoms with Crippen LogP contribution in [0.5, 0.6) is 0 Å². The molecule has 0 amide bonds. The Balaban J connectivity index is 1.88. The molecule has 1 aromatic heterocycles. The maximum atomic E-state index is 10.7. The van der Waals surface area contributed by atoms with Gasteiger partial charge in [0, 0.05) is 31.0 Å². The molecule has 2 rings (SSSR count). The number of aromatic nitrogens is 2. The van der Waals surface area contributed by atoms with Crippen LogP contribution < -0.4 is 0 Å². The van der Waals surface area contributed by atoms with E-state index in [2.05, 4.69) is 16.9 Å². The van der Waals surface area contributed by atoms with Crippen LogP contribution in [0.1, 0.15) is 31.4 Å². The van der Waals surface area contributed by atoms with Crippen molar-refractivity contribution in [1.29, 1.82) is 0 Å². The van der Waals surface area contributed by atoms with Crippen LogP contribution >= 0.6 is 11.8 Å². The molecule has 0 aliphatic carbocycles. The average Bonchev–Trinajstić information content (AvgIpc) is 2.87. The Hall–Kier alpha value is -1.01. The molecule has 0 spiro atoms. The maximum Gasteiger partial charge on any atom is 0.325 e. The summed E-state index contributed by atoms with van der Waals surface area (Å²) in [6.45, 7) is 5.51. The zero-order chi connectivity index (χ0) is 14.4. The lowest BCUT2D eigenvalue weighted by atomic mass is 9.95. The van der Waals surface area contributed by atoms with Gasteiger partial charge in [-0.15, -0.1) is 0 Å². The lowest BCUT2D eigenvalue weighted by Gasteiger charge is -2.31. The molecule has 1 aliphatic rings. The molecule has 112 valence electrons. The van der Waals surface area contributed by atoms with Gasteiger partial charge in [-0.25, -0.2) is 0 Å². The lowest BCUT2D eigenvalue weighted by Crippen LogP contribution is -2.36. The maximum absolute atomic E-state index is 10.7. The van der Waals surface area contributed by atoms with Gasteiger partial charge >= 0.3 is 5.97 Å². The van der Waals surface area contributed by atoms with Crippen LogP contribution in [0.15, 0.2) is 12.3 Å². The van der Waals surface area contributed by atoms with E-state index < -0.39 is 5.97 Å². The van der Waals surface area contributed by atoms with Crippen molar-refractivity contribution in [2.75, 3.05) is 31.1 Å². The highest BCUT2D eigenvalue weighted by Gasteiger charge is 2.22. The predicted octanol–water partition coefficient (Wildman–Crippen LogP) is 1.90. The first-order valence-corrected chi connectivity index (χ1v) is 8.39. The van der Waals surface area contributed by atoms with E-state index in [1.807, 2.05) is 17.8 Å². The van der Waals surface area contributed by atoms with Crippen molar-refractivity contribution in [3.8, 4) is 0 Å².